The van der Waals surface area contributed by atoms with Crippen molar-refractivity contribution < 1.29 is 9.90 Å². The molecule has 2 rings (SSSR count). The summed E-state index contributed by atoms with van der Waals surface area (Å²) < 4.78 is 0. The van der Waals surface area contributed by atoms with Gasteiger partial charge in [-0.1, -0.05) is 26.0 Å². The number of carbonyl (C=O) groups is 1. The van der Waals surface area contributed by atoms with Crippen molar-refractivity contribution in [1.29, 1.82) is 0 Å². The van der Waals surface area contributed by atoms with Crippen molar-refractivity contribution in [2.75, 3.05) is 24.6 Å². The van der Waals surface area contributed by atoms with E-state index in [4.69, 9.17) is 5.73 Å². The summed E-state index contributed by atoms with van der Waals surface area (Å²) in [7, 11) is 0. The van der Waals surface area contributed by atoms with Crippen molar-refractivity contribution in [3.8, 4) is 0 Å². The molecule has 0 radical (unpaired) electrons. The lowest BCUT2D eigenvalue weighted by Gasteiger charge is -2.33. The smallest absolute Gasteiger partial charge is 0.220 e. The monoisotopic (exact) mass is 290 g/mol. The van der Waals surface area contributed by atoms with Crippen LogP contribution in [0.5, 0.6) is 0 Å². The molecular formula is C17H26N2O2. The standard InChI is InChI=1S/C17H26N2O2/c1-12(13(2)17(18)21)15-3-5-16(6-4-15)19-9-7-14(11-20)8-10-19/h3-6,12-14,20H,7-11H2,1-2H3,(H2,18,21)/t12-,13?/m0/s1. The van der Waals surface area contributed by atoms with Crippen LogP contribution in [0.2, 0.25) is 0 Å². The molecule has 2 atom stereocenters. The van der Waals surface area contributed by atoms with Gasteiger partial charge in [0.1, 0.15) is 0 Å². The summed E-state index contributed by atoms with van der Waals surface area (Å²) in [6.07, 6.45) is 2.10. The normalized spacial score (nSPS) is 19.3. The van der Waals surface area contributed by atoms with Gasteiger partial charge in [0.25, 0.3) is 0 Å². The Morgan fingerprint density at radius 1 is 1.29 bits per heavy atom. The minimum atomic E-state index is -0.252. The molecule has 0 bridgehead atoms. The Morgan fingerprint density at radius 2 is 1.86 bits per heavy atom. The lowest BCUT2D eigenvalue weighted by molar-refractivity contribution is -0.121. The van der Waals surface area contributed by atoms with Crippen LogP contribution in [-0.2, 0) is 4.79 Å². The third-order valence-electron chi connectivity index (χ3n) is 4.86. The van der Waals surface area contributed by atoms with E-state index in [1.165, 1.54) is 5.69 Å². The molecule has 1 amide bonds. The molecule has 1 heterocycles. The first kappa shape index (κ1) is 15.8. The van der Waals surface area contributed by atoms with Gasteiger partial charge in [-0.15, -0.1) is 0 Å². The van der Waals surface area contributed by atoms with Crippen LogP contribution in [0.15, 0.2) is 24.3 Å². The average molecular weight is 290 g/mol. The maximum absolute atomic E-state index is 11.3. The topological polar surface area (TPSA) is 66.6 Å². The molecule has 1 unspecified atom stereocenters. The predicted molar refractivity (Wildman–Crippen MR) is 85.2 cm³/mol. The van der Waals surface area contributed by atoms with E-state index in [2.05, 4.69) is 29.2 Å². The molecule has 1 aliphatic heterocycles. The van der Waals surface area contributed by atoms with Crippen LogP contribution in [0.1, 0.15) is 38.2 Å². The Labute approximate surface area is 126 Å². The molecule has 0 aliphatic carbocycles. The number of carbonyl (C=O) groups excluding carboxylic acids is 1. The first-order valence-electron chi connectivity index (χ1n) is 7.78. The van der Waals surface area contributed by atoms with Crippen LogP contribution in [0.25, 0.3) is 0 Å². The zero-order valence-corrected chi connectivity index (χ0v) is 13.0. The summed E-state index contributed by atoms with van der Waals surface area (Å²) in [6, 6.07) is 8.44. The van der Waals surface area contributed by atoms with Crippen LogP contribution >= 0.6 is 0 Å². The van der Waals surface area contributed by atoms with E-state index in [0.29, 0.717) is 12.5 Å². The van der Waals surface area contributed by atoms with E-state index < -0.39 is 0 Å². The molecule has 21 heavy (non-hydrogen) atoms. The molecule has 4 heteroatoms. The van der Waals surface area contributed by atoms with Crippen molar-refractivity contribution in [3.63, 3.8) is 0 Å². The number of nitrogens with two attached hydrogens (primary N) is 1. The van der Waals surface area contributed by atoms with Crippen molar-refractivity contribution in [2.24, 2.45) is 17.6 Å². The number of aliphatic hydroxyl groups is 1. The zero-order valence-electron chi connectivity index (χ0n) is 13.0. The van der Waals surface area contributed by atoms with Gasteiger partial charge in [0, 0.05) is 31.3 Å². The van der Waals surface area contributed by atoms with E-state index in [1.54, 1.807) is 0 Å². The van der Waals surface area contributed by atoms with Gasteiger partial charge in [-0.2, -0.15) is 0 Å². The second-order valence-electron chi connectivity index (χ2n) is 6.18. The van der Waals surface area contributed by atoms with E-state index in [1.807, 2.05) is 13.8 Å². The quantitative estimate of drug-likeness (QED) is 0.873. The van der Waals surface area contributed by atoms with E-state index in [9.17, 15) is 9.90 Å². The fourth-order valence-electron chi connectivity index (χ4n) is 2.90. The van der Waals surface area contributed by atoms with Crippen molar-refractivity contribution in [2.45, 2.75) is 32.6 Å². The van der Waals surface area contributed by atoms with Gasteiger partial charge >= 0.3 is 0 Å². The molecule has 3 N–H and O–H groups in total. The van der Waals surface area contributed by atoms with Crippen LogP contribution in [0, 0.1) is 11.8 Å². The molecule has 1 saturated heterocycles. The van der Waals surface area contributed by atoms with Crippen LogP contribution < -0.4 is 10.6 Å². The number of amides is 1. The maximum Gasteiger partial charge on any atom is 0.220 e. The minimum absolute atomic E-state index is 0.136. The van der Waals surface area contributed by atoms with Gasteiger partial charge in [0.15, 0.2) is 0 Å². The summed E-state index contributed by atoms with van der Waals surface area (Å²) in [4.78, 5) is 13.6. The van der Waals surface area contributed by atoms with Gasteiger partial charge in [-0.05, 0) is 42.4 Å². The molecule has 1 aromatic carbocycles. The molecule has 1 aliphatic rings. The van der Waals surface area contributed by atoms with E-state index in [0.717, 1.165) is 31.5 Å². The molecule has 1 aromatic rings. The molecule has 1 fully saturated rings. The third-order valence-corrected chi connectivity index (χ3v) is 4.86. The summed E-state index contributed by atoms with van der Waals surface area (Å²) in [6.45, 7) is 6.21. The second kappa shape index (κ2) is 6.94. The predicted octanol–water partition coefficient (Wildman–Crippen LogP) is 2.12. The Bertz CT molecular complexity index is 464. The first-order chi connectivity index (χ1) is 10.0. The van der Waals surface area contributed by atoms with Crippen molar-refractivity contribution >= 4 is 11.6 Å². The van der Waals surface area contributed by atoms with Gasteiger partial charge in [-0.3, -0.25) is 4.79 Å². The highest BCUT2D eigenvalue weighted by Crippen LogP contribution is 2.28. The van der Waals surface area contributed by atoms with E-state index >= 15 is 0 Å². The minimum Gasteiger partial charge on any atom is -0.396 e. The van der Waals surface area contributed by atoms with Crippen molar-refractivity contribution in [3.05, 3.63) is 29.8 Å². The van der Waals surface area contributed by atoms with Crippen molar-refractivity contribution in [1.82, 2.24) is 0 Å². The number of rotatable bonds is 5. The SMILES string of the molecule is CC(C(N)=O)[C@H](C)c1ccc(N2CCC(CO)CC2)cc1. The first-order valence-corrected chi connectivity index (χ1v) is 7.78. The average Bonchev–Trinajstić information content (AvgIpc) is 2.53. The summed E-state index contributed by atoms with van der Waals surface area (Å²) in [5.41, 5.74) is 7.74. The molecule has 4 nitrogen and oxygen atoms in total. The van der Waals surface area contributed by atoms with Gasteiger partial charge in [0.05, 0.1) is 0 Å². The number of aliphatic hydroxyl groups excluding tert-OH is 1. The molecule has 0 spiro atoms. The van der Waals surface area contributed by atoms with Crippen LogP contribution in [0.3, 0.4) is 0 Å². The molecule has 0 saturated carbocycles. The second-order valence-corrected chi connectivity index (χ2v) is 6.18. The number of primary amides is 1. The number of piperidine rings is 1. The number of nitrogens with zero attached hydrogens (tertiary/aromatic N) is 1. The van der Waals surface area contributed by atoms with Gasteiger partial charge in [0.2, 0.25) is 5.91 Å². The maximum atomic E-state index is 11.3. The molecule has 0 aromatic heterocycles. The number of hydrogen-bond acceptors (Lipinski definition) is 3. The number of anilines is 1. The highest BCUT2D eigenvalue weighted by atomic mass is 16.3. The summed E-state index contributed by atoms with van der Waals surface area (Å²) in [5, 5.41) is 9.19. The molecule has 116 valence electrons. The lowest BCUT2D eigenvalue weighted by atomic mass is 9.88. The van der Waals surface area contributed by atoms with Gasteiger partial charge in [-0.25, -0.2) is 0 Å². The Balaban J connectivity index is 2.01. The fraction of sp³-hybridized carbons (Fsp3) is 0.588. The van der Waals surface area contributed by atoms with Gasteiger partial charge < -0.3 is 15.7 Å². The lowest BCUT2D eigenvalue weighted by Crippen LogP contribution is -2.34. The Hall–Kier alpha value is -1.55. The Kier molecular flexibility index (Phi) is 5.23. The largest absolute Gasteiger partial charge is 0.396 e. The third kappa shape index (κ3) is 3.76. The summed E-state index contributed by atoms with van der Waals surface area (Å²) in [5.74, 6) is 0.183. The highest BCUT2D eigenvalue weighted by molar-refractivity contribution is 5.77. The number of benzene rings is 1. The number of hydrogen-bond donors (Lipinski definition) is 2. The van der Waals surface area contributed by atoms with E-state index in [-0.39, 0.29) is 17.7 Å². The zero-order chi connectivity index (χ0) is 15.4. The summed E-state index contributed by atoms with van der Waals surface area (Å²) >= 11 is 0. The Morgan fingerprint density at radius 3 is 2.33 bits per heavy atom. The fourth-order valence-corrected chi connectivity index (χ4v) is 2.90. The molecular weight excluding hydrogens is 264 g/mol. The van der Waals surface area contributed by atoms with Crippen LogP contribution in [-0.4, -0.2) is 30.7 Å². The highest BCUT2D eigenvalue weighted by Gasteiger charge is 2.21. The van der Waals surface area contributed by atoms with Crippen LogP contribution in [0.4, 0.5) is 5.69 Å².